The standard InChI is InChI=1S/2C11H17NO.C4H4O4/c2*1-9(13)11(2,12)8-10-6-4-3-5-7-10;5-3(6)1-2-4(7)8/h2*3-7,9,13H,8,12H2,1-2H3;1-2H,(H,5,6)(H,7,8)/b;;2-1+. The van der Waals surface area contributed by atoms with E-state index in [1.165, 1.54) is 0 Å². The van der Waals surface area contributed by atoms with E-state index in [9.17, 15) is 19.8 Å². The van der Waals surface area contributed by atoms with Gasteiger partial charge in [-0.05, 0) is 51.7 Å². The quantitative estimate of drug-likeness (QED) is 0.317. The van der Waals surface area contributed by atoms with Crippen molar-refractivity contribution in [2.75, 3.05) is 0 Å². The normalized spacial score (nSPS) is 15.9. The predicted octanol–water partition coefficient (Wildman–Crippen LogP) is 2.37. The molecule has 0 aromatic heterocycles. The van der Waals surface area contributed by atoms with E-state index in [2.05, 4.69) is 0 Å². The molecule has 0 amide bonds. The van der Waals surface area contributed by atoms with E-state index in [0.29, 0.717) is 25.0 Å². The average molecular weight is 475 g/mol. The van der Waals surface area contributed by atoms with Gasteiger partial charge in [0.15, 0.2) is 0 Å². The molecule has 8 N–H and O–H groups in total. The Bertz CT molecular complexity index is 805. The molecule has 2 aromatic carbocycles. The Kier molecular flexibility index (Phi) is 13.6. The molecule has 0 aliphatic rings. The Morgan fingerprint density at radius 2 is 1.00 bits per heavy atom. The molecule has 0 saturated carbocycles. The summed E-state index contributed by atoms with van der Waals surface area (Å²) in [5.74, 6) is -2.51. The van der Waals surface area contributed by atoms with E-state index in [-0.39, 0.29) is 0 Å². The fourth-order valence-electron chi connectivity index (χ4n) is 2.51. The van der Waals surface area contributed by atoms with Crippen LogP contribution in [0.15, 0.2) is 72.8 Å². The number of nitrogens with two attached hydrogens (primary N) is 2. The Balaban J connectivity index is 0.000000497. The summed E-state index contributed by atoms with van der Waals surface area (Å²) in [4.78, 5) is 19.1. The molecule has 4 unspecified atom stereocenters. The molecule has 0 heterocycles. The lowest BCUT2D eigenvalue weighted by Crippen LogP contribution is -2.48. The van der Waals surface area contributed by atoms with Crippen molar-refractivity contribution in [3.05, 3.63) is 83.9 Å². The lowest BCUT2D eigenvalue weighted by molar-refractivity contribution is -0.134. The summed E-state index contributed by atoms with van der Waals surface area (Å²) in [5, 5.41) is 34.5. The lowest BCUT2D eigenvalue weighted by Gasteiger charge is -2.27. The topological polar surface area (TPSA) is 167 Å². The first-order chi connectivity index (χ1) is 15.7. The first-order valence-corrected chi connectivity index (χ1v) is 10.8. The van der Waals surface area contributed by atoms with Gasteiger partial charge in [-0.15, -0.1) is 0 Å². The van der Waals surface area contributed by atoms with Crippen LogP contribution in [0.4, 0.5) is 0 Å². The number of hydrogen-bond donors (Lipinski definition) is 6. The molecule has 0 bridgehead atoms. The van der Waals surface area contributed by atoms with Crippen molar-refractivity contribution in [1.82, 2.24) is 0 Å². The summed E-state index contributed by atoms with van der Waals surface area (Å²) in [6.07, 6.45) is 1.53. The maximum Gasteiger partial charge on any atom is 0.328 e. The fourth-order valence-corrected chi connectivity index (χ4v) is 2.51. The van der Waals surface area contributed by atoms with Crippen LogP contribution in [0.25, 0.3) is 0 Å². The van der Waals surface area contributed by atoms with Gasteiger partial charge in [0.2, 0.25) is 0 Å². The zero-order chi connectivity index (χ0) is 26.4. The molecule has 34 heavy (non-hydrogen) atoms. The number of benzene rings is 2. The number of rotatable bonds is 8. The van der Waals surface area contributed by atoms with Crippen molar-refractivity contribution in [1.29, 1.82) is 0 Å². The molecular formula is C26H38N2O6. The van der Waals surface area contributed by atoms with Crippen LogP contribution in [0.2, 0.25) is 0 Å². The molecule has 2 rings (SSSR count). The van der Waals surface area contributed by atoms with E-state index in [4.69, 9.17) is 21.7 Å². The highest BCUT2D eigenvalue weighted by Crippen LogP contribution is 2.14. The zero-order valence-electron chi connectivity index (χ0n) is 20.3. The summed E-state index contributed by atoms with van der Waals surface area (Å²) < 4.78 is 0. The Morgan fingerprint density at radius 3 is 1.21 bits per heavy atom. The van der Waals surface area contributed by atoms with Crippen LogP contribution in [0.5, 0.6) is 0 Å². The van der Waals surface area contributed by atoms with Crippen molar-refractivity contribution in [2.45, 2.75) is 63.8 Å². The average Bonchev–Trinajstić information content (AvgIpc) is 2.74. The first kappa shape index (κ1) is 31.0. The van der Waals surface area contributed by atoms with Gasteiger partial charge >= 0.3 is 11.9 Å². The molecule has 0 radical (unpaired) electrons. The van der Waals surface area contributed by atoms with E-state index < -0.39 is 35.2 Å². The third kappa shape index (κ3) is 14.2. The molecule has 188 valence electrons. The van der Waals surface area contributed by atoms with Crippen LogP contribution in [0.3, 0.4) is 0 Å². The van der Waals surface area contributed by atoms with Crippen LogP contribution in [0, 0.1) is 0 Å². The Hall–Kier alpha value is -3.04. The van der Waals surface area contributed by atoms with Gasteiger partial charge in [-0.1, -0.05) is 60.7 Å². The largest absolute Gasteiger partial charge is 0.478 e. The molecule has 8 nitrogen and oxygen atoms in total. The van der Waals surface area contributed by atoms with Crippen molar-refractivity contribution in [2.24, 2.45) is 11.5 Å². The fraction of sp³-hybridized carbons (Fsp3) is 0.385. The maximum absolute atomic E-state index is 9.55. The molecule has 4 atom stereocenters. The number of carbonyl (C=O) groups is 2. The van der Waals surface area contributed by atoms with Gasteiger partial charge in [-0.3, -0.25) is 0 Å². The van der Waals surface area contributed by atoms with Crippen molar-refractivity contribution in [3.8, 4) is 0 Å². The second-order valence-electron chi connectivity index (χ2n) is 8.70. The molecular weight excluding hydrogens is 436 g/mol. The molecule has 0 aliphatic heterocycles. The van der Waals surface area contributed by atoms with Crippen LogP contribution < -0.4 is 11.5 Å². The summed E-state index contributed by atoms with van der Waals surface area (Å²) in [7, 11) is 0. The molecule has 8 heteroatoms. The highest BCUT2D eigenvalue weighted by molar-refractivity contribution is 5.89. The maximum atomic E-state index is 9.55. The van der Waals surface area contributed by atoms with Gasteiger partial charge in [-0.25, -0.2) is 9.59 Å². The van der Waals surface area contributed by atoms with Gasteiger partial charge in [0.25, 0.3) is 0 Å². The number of aliphatic carboxylic acids is 2. The monoisotopic (exact) mass is 474 g/mol. The minimum atomic E-state index is -1.26. The molecule has 0 aliphatic carbocycles. The summed E-state index contributed by atoms with van der Waals surface area (Å²) in [6.45, 7) is 7.18. The third-order valence-corrected chi connectivity index (χ3v) is 5.13. The van der Waals surface area contributed by atoms with E-state index >= 15 is 0 Å². The lowest BCUT2D eigenvalue weighted by atomic mass is 9.89. The van der Waals surface area contributed by atoms with Gasteiger partial charge in [0.05, 0.1) is 12.2 Å². The number of hydrogen-bond acceptors (Lipinski definition) is 6. The van der Waals surface area contributed by atoms with Gasteiger partial charge in [-0.2, -0.15) is 0 Å². The van der Waals surface area contributed by atoms with Crippen molar-refractivity contribution < 1.29 is 30.0 Å². The van der Waals surface area contributed by atoms with Crippen LogP contribution >= 0.6 is 0 Å². The minimum Gasteiger partial charge on any atom is -0.478 e. The van der Waals surface area contributed by atoms with Gasteiger partial charge in [0, 0.05) is 23.2 Å². The molecule has 0 fully saturated rings. The van der Waals surface area contributed by atoms with E-state index in [0.717, 1.165) is 11.1 Å². The van der Waals surface area contributed by atoms with Crippen molar-refractivity contribution >= 4 is 11.9 Å². The zero-order valence-corrected chi connectivity index (χ0v) is 20.3. The molecule has 0 spiro atoms. The van der Waals surface area contributed by atoms with Gasteiger partial charge in [0.1, 0.15) is 0 Å². The number of aliphatic hydroxyl groups excluding tert-OH is 2. The second-order valence-corrected chi connectivity index (χ2v) is 8.70. The van der Waals surface area contributed by atoms with Crippen molar-refractivity contribution in [3.63, 3.8) is 0 Å². The first-order valence-electron chi connectivity index (χ1n) is 10.8. The van der Waals surface area contributed by atoms with Crippen LogP contribution in [-0.2, 0) is 22.4 Å². The molecule has 2 aromatic rings. The van der Waals surface area contributed by atoms with E-state index in [1.807, 2.05) is 74.5 Å². The SMILES string of the molecule is CC(O)C(C)(N)Cc1ccccc1.CC(O)C(C)(N)Cc1ccccc1.O=C(O)/C=C/C(=O)O. The number of aliphatic hydroxyl groups is 2. The highest BCUT2D eigenvalue weighted by Gasteiger charge is 2.25. The number of carboxylic acid groups (broad SMARTS) is 2. The Morgan fingerprint density at radius 1 is 0.735 bits per heavy atom. The Labute approximate surface area is 201 Å². The van der Waals surface area contributed by atoms with E-state index in [1.54, 1.807) is 13.8 Å². The van der Waals surface area contributed by atoms with Gasteiger partial charge < -0.3 is 31.9 Å². The predicted molar refractivity (Wildman–Crippen MR) is 133 cm³/mol. The highest BCUT2D eigenvalue weighted by atomic mass is 16.4. The minimum absolute atomic E-state index is 0.493. The van der Waals surface area contributed by atoms with Crippen LogP contribution in [-0.4, -0.2) is 55.7 Å². The summed E-state index contributed by atoms with van der Waals surface area (Å²) >= 11 is 0. The second kappa shape index (κ2) is 15.0. The molecule has 0 saturated heterocycles. The summed E-state index contributed by atoms with van der Waals surface area (Å²) in [6, 6.07) is 19.9. The van der Waals surface area contributed by atoms with Crippen LogP contribution in [0.1, 0.15) is 38.8 Å². The third-order valence-electron chi connectivity index (χ3n) is 5.13. The summed E-state index contributed by atoms with van der Waals surface area (Å²) in [5.41, 5.74) is 13.1. The smallest absolute Gasteiger partial charge is 0.328 e. The number of carboxylic acids is 2.